The Morgan fingerprint density at radius 2 is 1.90 bits per heavy atom. The fraction of sp³-hybridized carbons (Fsp3) is 0.133. The van der Waals surface area contributed by atoms with Crippen LogP contribution in [0.1, 0.15) is 11.1 Å². The van der Waals surface area contributed by atoms with Crippen LogP contribution in [0.15, 0.2) is 30.3 Å². The Balaban J connectivity index is 2.47. The first-order chi connectivity index (χ1) is 9.92. The number of hydrogen-bond acceptors (Lipinski definition) is 3. The molecule has 2 aromatic carbocycles. The Hall–Kier alpha value is -1.49. The van der Waals surface area contributed by atoms with E-state index in [-0.39, 0.29) is 4.99 Å². The Bertz CT molecular complexity index is 704. The van der Waals surface area contributed by atoms with Gasteiger partial charge in [0.2, 0.25) is 0 Å². The topological polar surface area (TPSA) is 47.3 Å². The first-order valence-electron chi connectivity index (χ1n) is 6.13. The molecule has 2 aromatic rings. The van der Waals surface area contributed by atoms with E-state index in [9.17, 15) is 0 Å². The molecule has 0 aliphatic rings. The molecule has 0 atom stereocenters. The van der Waals surface area contributed by atoms with Gasteiger partial charge in [-0.05, 0) is 36.8 Å². The number of halogens is 2. The van der Waals surface area contributed by atoms with Crippen LogP contribution in [0, 0.1) is 6.92 Å². The van der Waals surface area contributed by atoms with Gasteiger partial charge in [-0.2, -0.15) is 0 Å². The highest BCUT2D eigenvalue weighted by molar-refractivity contribution is 7.80. The zero-order chi connectivity index (χ0) is 15.6. The van der Waals surface area contributed by atoms with Gasteiger partial charge in [-0.1, -0.05) is 35.4 Å². The van der Waals surface area contributed by atoms with Crippen LogP contribution >= 0.6 is 35.4 Å². The summed E-state index contributed by atoms with van der Waals surface area (Å²) in [5.41, 5.74) is 8.88. The predicted octanol–water partition coefficient (Wildman–Crippen LogP) is 4.69. The summed E-state index contributed by atoms with van der Waals surface area (Å²) >= 11 is 17.1. The van der Waals surface area contributed by atoms with Crippen molar-refractivity contribution in [3.63, 3.8) is 0 Å². The summed E-state index contributed by atoms with van der Waals surface area (Å²) in [5, 5.41) is 4.47. The third kappa shape index (κ3) is 3.59. The number of nitrogens with two attached hydrogens (primary N) is 1. The first-order valence-corrected chi connectivity index (χ1v) is 7.29. The molecule has 0 fully saturated rings. The van der Waals surface area contributed by atoms with Crippen molar-refractivity contribution >= 4 is 51.8 Å². The lowest BCUT2D eigenvalue weighted by atomic mass is 10.1. The van der Waals surface area contributed by atoms with Gasteiger partial charge in [0, 0.05) is 27.4 Å². The lowest BCUT2D eigenvalue weighted by molar-refractivity contribution is 0.417. The van der Waals surface area contributed by atoms with Gasteiger partial charge in [0.05, 0.1) is 12.8 Å². The quantitative estimate of drug-likeness (QED) is 0.792. The van der Waals surface area contributed by atoms with E-state index in [1.54, 1.807) is 25.3 Å². The van der Waals surface area contributed by atoms with Crippen molar-refractivity contribution in [1.82, 2.24) is 0 Å². The van der Waals surface area contributed by atoms with Crippen LogP contribution in [-0.4, -0.2) is 12.1 Å². The molecule has 2 rings (SSSR count). The van der Waals surface area contributed by atoms with Crippen molar-refractivity contribution in [3.05, 3.63) is 51.5 Å². The highest BCUT2D eigenvalue weighted by atomic mass is 35.5. The van der Waals surface area contributed by atoms with E-state index < -0.39 is 0 Å². The number of anilines is 2. The molecule has 110 valence electrons. The van der Waals surface area contributed by atoms with E-state index in [4.69, 9.17) is 45.9 Å². The van der Waals surface area contributed by atoms with E-state index >= 15 is 0 Å². The van der Waals surface area contributed by atoms with E-state index in [0.29, 0.717) is 21.4 Å². The number of benzene rings is 2. The summed E-state index contributed by atoms with van der Waals surface area (Å²) in [6, 6.07) is 8.97. The first kappa shape index (κ1) is 15.9. The zero-order valence-corrected chi connectivity index (χ0v) is 13.9. The van der Waals surface area contributed by atoms with Crippen LogP contribution in [-0.2, 0) is 0 Å². The van der Waals surface area contributed by atoms with Gasteiger partial charge in [-0.3, -0.25) is 0 Å². The van der Waals surface area contributed by atoms with E-state index in [0.717, 1.165) is 16.9 Å². The molecule has 21 heavy (non-hydrogen) atoms. The molecule has 3 N–H and O–H groups in total. The standard InChI is InChI=1S/C15H14Cl2N2OS/c1-8-5-13(14(20-2)7-11(8)17)19-12-4-3-9(16)6-10(12)15(18)21/h3-7,19H,1-2H3,(H2,18,21). The summed E-state index contributed by atoms with van der Waals surface area (Å²) in [6.07, 6.45) is 0. The van der Waals surface area contributed by atoms with Crippen molar-refractivity contribution in [3.8, 4) is 5.75 Å². The number of rotatable bonds is 4. The molecule has 0 radical (unpaired) electrons. The lowest BCUT2D eigenvalue weighted by Gasteiger charge is -2.15. The molecule has 0 heterocycles. The lowest BCUT2D eigenvalue weighted by Crippen LogP contribution is -2.12. The maximum absolute atomic E-state index is 6.10. The number of thiocarbonyl (C=S) groups is 1. The highest BCUT2D eigenvalue weighted by Gasteiger charge is 2.11. The van der Waals surface area contributed by atoms with Crippen molar-refractivity contribution in [2.75, 3.05) is 12.4 Å². The van der Waals surface area contributed by atoms with Crippen LogP contribution in [0.3, 0.4) is 0 Å². The third-order valence-corrected chi connectivity index (χ3v) is 3.86. The average Bonchev–Trinajstić information content (AvgIpc) is 2.44. The maximum Gasteiger partial charge on any atom is 0.143 e. The highest BCUT2D eigenvalue weighted by Crippen LogP contribution is 2.34. The second-order valence-electron chi connectivity index (χ2n) is 4.48. The molecule has 0 aliphatic heterocycles. The van der Waals surface area contributed by atoms with Gasteiger partial charge < -0.3 is 15.8 Å². The monoisotopic (exact) mass is 340 g/mol. The Labute approximate surface area is 139 Å². The van der Waals surface area contributed by atoms with E-state index in [1.165, 1.54) is 0 Å². The minimum atomic E-state index is 0.268. The molecule has 0 spiro atoms. The zero-order valence-electron chi connectivity index (χ0n) is 11.5. The van der Waals surface area contributed by atoms with Gasteiger partial charge in [-0.15, -0.1) is 0 Å². The molecule has 0 aromatic heterocycles. The molecular formula is C15H14Cl2N2OS. The molecule has 6 heteroatoms. The summed E-state index contributed by atoms with van der Waals surface area (Å²) in [4.78, 5) is 0.268. The summed E-state index contributed by atoms with van der Waals surface area (Å²) in [7, 11) is 1.59. The van der Waals surface area contributed by atoms with Gasteiger partial charge in [0.1, 0.15) is 10.7 Å². The van der Waals surface area contributed by atoms with E-state index in [2.05, 4.69) is 5.32 Å². The SMILES string of the molecule is COc1cc(Cl)c(C)cc1Nc1ccc(Cl)cc1C(N)=S. The van der Waals surface area contributed by atoms with Crippen LogP contribution in [0.5, 0.6) is 5.75 Å². The Morgan fingerprint density at radius 1 is 1.19 bits per heavy atom. The number of aryl methyl sites for hydroxylation is 1. The molecular weight excluding hydrogens is 327 g/mol. The maximum atomic E-state index is 6.10. The second kappa shape index (κ2) is 6.52. The molecule has 0 saturated carbocycles. The van der Waals surface area contributed by atoms with Gasteiger partial charge in [-0.25, -0.2) is 0 Å². The Morgan fingerprint density at radius 3 is 2.52 bits per heavy atom. The Kier molecular flexibility index (Phi) is 4.93. The number of hydrogen-bond donors (Lipinski definition) is 2. The van der Waals surface area contributed by atoms with Gasteiger partial charge >= 0.3 is 0 Å². The van der Waals surface area contributed by atoms with Crippen molar-refractivity contribution in [2.24, 2.45) is 5.73 Å². The number of ether oxygens (including phenoxy) is 1. The number of methoxy groups -OCH3 is 1. The molecule has 0 amide bonds. The second-order valence-corrected chi connectivity index (χ2v) is 5.76. The summed E-state index contributed by atoms with van der Waals surface area (Å²) in [5.74, 6) is 0.634. The minimum absolute atomic E-state index is 0.268. The van der Waals surface area contributed by atoms with Crippen LogP contribution < -0.4 is 15.8 Å². The molecule has 0 aliphatic carbocycles. The average molecular weight is 341 g/mol. The number of nitrogens with one attached hydrogen (secondary N) is 1. The smallest absolute Gasteiger partial charge is 0.143 e. The molecule has 3 nitrogen and oxygen atoms in total. The summed E-state index contributed by atoms with van der Waals surface area (Å²) in [6.45, 7) is 1.92. The predicted molar refractivity (Wildman–Crippen MR) is 93.4 cm³/mol. The van der Waals surface area contributed by atoms with Crippen LogP contribution in [0.2, 0.25) is 10.0 Å². The largest absolute Gasteiger partial charge is 0.495 e. The summed E-state index contributed by atoms with van der Waals surface area (Å²) < 4.78 is 5.34. The van der Waals surface area contributed by atoms with Crippen molar-refractivity contribution in [2.45, 2.75) is 6.92 Å². The van der Waals surface area contributed by atoms with Crippen molar-refractivity contribution < 1.29 is 4.74 Å². The third-order valence-electron chi connectivity index (χ3n) is 3.00. The molecule has 0 unspecified atom stereocenters. The van der Waals surface area contributed by atoms with Crippen LogP contribution in [0.25, 0.3) is 0 Å². The fourth-order valence-corrected chi connectivity index (χ4v) is 2.40. The van der Waals surface area contributed by atoms with Crippen molar-refractivity contribution in [1.29, 1.82) is 0 Å². The molecule has 0 bridgehead atoms. The molecule has 0 saturated heterocycles. The van der Waals surface area contributed by atoms with Crippen LogP contribution in [0.4, 0.5) is 11.4 Å². The van der Waals surface area contributed by atoms with Gasteiger partial charge in [0.25, 0.3) is 0 Å². The normalized spacial score (nSPS) is 10.3. The van der Waals surface area contributed by atoms with E-state index in [1.807, 2.05) is 19.1 Å². The fourth-order valence-electron chi connectivity index (χ4n) is 1.90. The minimum Gasteiger partial charge on any atom is -0.495 e. The van der Waals surface area contributed by atoms with Gasteiger partial charge in [0.15, 0.2) is 0 Å².